The zero-order chi connectivity index (χ0) is 10.4. The number of para-hydroxylation sites is 1. The third-order valence-corrected chi connectivity index (χ3v) is 1.74. The molecule has 0 amide bonds. The van der Waals surface area contributed by atoms with E-state index in [0.717, 1.165) is 5.69 Å². The second-order valence-electron chi connectivity index (χ2n) is 2.69. The largest absolute Gasteiger partial charge is 0.383 e. The fourth-order valence-electron chi connectivity index (χ4n) is 0.982. The summed E-state index contributed by atoms with van der Waals surface area (Å²) in [5.74, 6) is 0.244. The Hall–Kier alpha value is -1.90. The van der Waals surface area contributed by atoms with Crippen molar-refractivity contribution in [2.24, 2.45) is 10.7 Å². The van der Waals surface area contributed by atoms with E-state index >= 15 is 0 Å². The highest BCUT2D eigenvalue weighted by Crippen LogP contribution is 2.10. The van der Waals surface area contributed by atoms with Crippen molar-refractivity contribution in [1.29, 1.82) is 0 Å². The maximum absolute atomic E-state index is 10.5. The Balaban J connectivity index is 2.94. The summed E-state index contributed by atoms with van der Waals surface area (Å²) in [4.78, 5) is 14.6. The first-order chi connectivity index (χ1) is 6.77. The summed E-state index contributed by atoms with van der Waals surface area (Å²) in [7, 11) is 0. The number of hydrogen-bond donors (Lipinski definition) is 1. The molecule has 1 aromatic rings. The Morgan fingerprint density at radius 3 is 2.50 bits per heavy atom. The predicted octanol–water partition coefficient (Wildman–Crippen LogP) is 1.82. The first kappa shape index (κ1) is 10.2. The summed E-state index contributed by atoms with van der Waals surface area (Å²) in [6.45, 7) is 1.75. The number of rotatable bonds is 3. The van der Waals surface area contributed by atoms with E-state index in [-0.39, 0.29) is 5.84 Å². The molecule has 0 aliphatic carbocycles. The van der Waals surface area contributed by atoms with Crippen LogP contribution in [0.25, 0.3) is 0 Å². The Morgan fingerprint density at radius 2 is 2.00 bits per heavy atom. The van der Waals surface area contributed by atoms with Crippen molar-refractivity contribution in [3.63, 3.8) is 0 Å². The summed E-state index contributed by atoms with van der Waals surface area (Å²) in [5.41, 5.74) is 6.77. The molecule has 2 N–H and O–H groups in total. The molecule has 0 atom stereocenters. The summed E-state index contributed by atoms with van der Waals surface area (Å²) in [6, 6.07) is 9.27. The smallest absolute Gasteiger partial charge is 0.153 e. The van der Waals surface area contributed by atoms with Crippen LogP contribution in [0, 0.1) is 0 Å². The number of aldehydes is 1. The summed E-state index contributed by atoms with van der Waals surface area (Å²) in [6.07, 6.45) is 2.33. The molecule has 0 aliphatic rings. The van der Waals surface area contributed by atoms with Gasteiger partial charge in [-0.2, -0.15) is 0 Å². The van der Waals surface area contributed by atoms with Crippen molar-refractivity contribution in [2.75, 3.05) is 0 Å². The van der Waals surface area contributed by atoms with E-state index in [1.807, 2.05) is 30.3 Å². The number of hydrogen-bond acceptors (Lipinski definition) is 2. The molecule has 3 nitrogen and oxygen atoms in total. The van der Waals surface area contributed by atoms with E-state index in [9.17, 15) is 4.79 Å². The van der Waals surface area contributed by atoms with Crippen LogP contribution < -0.4 is 5.73 Å². The topological polar surface area (TPSA) is 55.5 Å². The number of nitrogens with two attached hydrogens (primary N) is 1. The van der Waals surface area contributed by atoms with Crippen LogP contribution in [-0.2, 0) is 4.79 Å². The number of carbonyl (C=O) groups is 1. The second kappa shape index (κ2) is 4.97. The van der Waals surface area contributed by atoms with Crippen molar-refractivity contribution in [2.45, 2.75) is 6.92 Å². The van der Waals surface area contributed by atoms with E-state index < -0.39 is 0 Å². The van der Waals surface area contributed by atoms with Crippen molar-refractivity contribution < 1.29 is 4.79 Å². The van der Waals surface area contributed by atoms with Gasteiger partial charge in [-0.15, -0.1) is 0 Å². The quantitative estimate of drug-likeness (QED) is 0.340. The predicted molar refractivity (Wildman–Crippen MR) is 57.5 cm³/mol. The molecular weight excluding hydrogens is 176 g/mol. The molecule has 0 bridgehead atoms. The molecule has 14 heavy (non-hydrogen) atoms. The lowest BCUT2D eigenvalue weighted by Gasteiger charge is -1.98. The Bertz CT molecular complexity index is 366. The number of benzene rings is 1. The monoisotopic (exact) mass is 188 g/mol. The number of aliphatic imine (C=N–C) groups is 1. The van der Waals surface area contributed by atoms with Gasteiger partial charge in [-0.25, -0.2) is 4.99 Å². The number of nitrogens with zero attached hydrogens (tertiary/aromatic N) is 1. The van der Waals surface area contributed by atoms with Crippen molar-refractivity contribution in [1.82, 2.24) is 0 Å². The molecule has 1 rings (SSSR count). The molecule has 0 radical (unpaired) electrons. The van der Waals surface area contributed by atoms with Crippen molar-refractivity contribution >= 4 is 17.8 Å². The Labute approximate surface area is 83.0 Å². The third kappa shape index (κ3) is 2.55. The van der Waals surface area contributed by atoms with Gasteiger partial charge in [0.05, 0.1) is 11.3 Å². The molecular formula is C11H12N2O. The van der Waals surface area contributed by atoms with Gasteiger partial charge >= 0.3 is 0 Å². The molecule has 72 valence electrons. The lowest BCUT2D eigenvalue weighted by atomic mass is 10.2. The van der Waals surface area contributed by atoms with Gasteiger partial charge in [-0.3, -0.25) is 4.79 Å². The molecule has 0 aromatic heterocycles. The Kier molecular flexibility index (Phi) is 3.61. The van der Waals surface area contributed by atoms with E-state index in [4.69, 9.17) is 5.73 Å². The van der Waals surface area contributed by atoms with Gasteiger partial charge < -0.3 is 5.73 Å². The molecule has 0 saturated heterocycles. The van der Waals surface area contributed by atoms with Crippen LogP contribution in [0.15, 0.2) is 47.0 Å². The Morgan fingerprint density at radius 1 is 1.36 bits per heavy atom. The van der Waals surface area contributed by atoms with Gasteiger partial charge in [0.15, 0.2) is 6.29 Å². The highest BCUT2D eigenvalue weighted by molar-refractivity contribution is 6.13. The average molecular weight is 188 g/mol. The van der Waals surface area contributed by atoms with Crippen LogP contribution in [-0.4, -0.2) is 12.1 Å². The van der Waals surface area contributed by atoms with Crippen molar-refractivity contribution in [3.05, 3.63) is 42.0 Å². The summed E-state index contributed by atoms with van der Waals surface area (Å²) < 4.78 is 0. The molecule has 0 unspecified atom stereocenters. The highest BCUT2D eigenvalue weighted by atomic mass is 16.1. The van der Waals surface area contributed by atoms with Gasteiger partial charge in [0.1, 0.15) is 5.84 Å². The van der Waals surface area contributed by atoms with E-state index in [1.165, 1.54) is 0 Å². The zero-order valence-electron chi connectivity index (χ0n) is 7.97. The van der Waals surface area contributed by atoms with Crippen LogP contribution in [0.1, 0.15) is 6.92 Å². The van der Waals surface area contributed by atoms with Gasteiger partial charge in [0.2, 0.25) is 0 Å². The third-order valence-electron chi connectivity index (χ3n) is 1.74. The normalized spacial score (nSPS) is 12.6. The number of allylic oxidation sites excluding steroid dienone is 1. The van der Waals surface area contributed by atoms with E-state index in [0.29, 0.717) is 11.9 Å². The minimum Gasteiger partial charge on any atom is -0.383 e. The van der Waals surface area contributed by atoms with Gasteiger partial charge in [-0.1, -0.05) is 24.3 Å². The molecule has 0 fully saturated rings. The summed E-state index contributed by atoms with van der Waals surface area (Å²) in [5, 5.41) is 0. The first-order valence-electron chi connectivity index (χ1n) is 4.29. The summed E-state index contributed by atoms with van der Waals surface area (Å²) >= 11 is 0. The minimum atomic E-state index is 0.244. The lowest BCUT2D eigenvalue weighted by Crippen LogP contribution is -2.15. The standard InChI is InChI=1S/C11H12N2O/c1-2-9(8-14)11(12)13-10-6-4-3-5-7-10/h2-8H,1H3,(H2,12,13)/b9-2+. The number of amidine groups is 1. The van der Waals surface area contributed by atoms with Crippen LogP contribution in [0.3, 0.4) is 0 Å². The van der Waals surface area contributed by atoms with Crippen molar-refractivity contribution in [3.8, 4) is 0 Å². The maximum atomic E-state index is 10.5. The first-order valence-corrected chi connectivity index (χ1v) is 4.29. The zero-order valence-corrected chi connectivity index (χ0v) is 7.97. The fourth-order valence-corrected chi connectivity index (χ4v) is 0.982. The number of carbonyl (C=O) groups excluding carboxylic acids is 1. The van der Waals surface area contributed by atoms with Crippen LogP contribution in [0.2, 0.25) is 0 Å². The maximum Gasteiger partial charge on any atom is 0.153 e. The van der Waals surface area contributed by atoms with E-state index in [2.05, 4.69) is 4.99 Å². The molecule has 0 heterocycles. The second-order valence-corrected chi connectivity index (χ2v) is 2.69. The molecule has 3 heteroatoms. The lowest BCUT2D eigenvalue weighted by molar-refractivity contribution is -0.104. The van der Waals surface area contributed by atoms with Crippen LogP contribution in [0.4, 0.5) is 5.69 Å². The SMILES string of the molecule is C/C=C(\C=O)C(N)=Nc1ccccc1. The van der Waals surface area contributed by atoms with Gasteiger partial charge in [0.25, 0.3) is 0 Å². The van der Waals surface area contributed by atoms with Gasteiger partial charge in [0, 0.05) is 0 Å². The molecule has 0 aliphatic heterocycles. The molecule has 1 aromatic carbocycles. The minimum absolute atomic E-state index is 0.244. The van der Waals surface area contributed by atoms with Crippen LogP contribution in [0.5, 0.6) is 0 Å². The average Bonchev–Trinajstić information content (AvgIpc) is 2.21. The highest BCUT2D eigenvalue weighted by Gasteiger charge is 1.98. The molecule has 0 saturated carbocycles. The van der Waals surface area contributed by atoms with Crippen LogP contribution >= 0.6 is 0 Å². The fraction of sp³-hybridized carbons (Fsp3) is 0.0909. The van der Waals surface area contributed by atoms with E-state index in [1.54, 1.807) is 13.0 Å². The van der Waals surface area contributed by atoms with Gasteiger partial charge in [-0.05, 0) is 19.1 Å². The molecule has 0 spiro atoms.